The zero-order valence-electron chi connectivity index (χ0n) is 14.7. The Bertz CT molecular complexity index is 833. The number of fused-ring (bicyclic) bond motifs is 1. The van der Waals surface area contributed by atoms with Crippen molar-refractivity contribution in [3.05, 3.63) is 40.2 Å². The van der Waals surface area contributed by atoms with Crippen molar-refractivity contribution in [3.8, 4) is 5.88 Å². The number of aliphatic imine (C=N–C) groups is 1. The maximum absolute atomic E-state index is 12.0. The fourth-order valence-electron chi connectivity index (χ4n) is 3.97. The van der Waals surface area contributed by atoms with E-state index >= 15 is 0 Å². The van der Waals surface area contributed by atoms with E-state index in [1.165, 1.54) is 0 Å². The van der Waals surface area contributed by atoms with E-state index in [1.54, 1.807) is 12.3 Å². The molecule has 2 heterocycles. The van der Waals surface area contributed by atoms with Gasteiger partial charge in [-0.2, -0.15) is 0 Å². The Kier molecular flexibility index (Phi) is 4.00. The first-order valence-electron chi connectivity index (χ1n) is 8.33. The lowest BCUT2D eigenvalue weighted by atomic mass is 9.80. The van der Waals surface area contributed by atoms with Crippen molar-refractivity contribution in [2.75, 3.05) is 0 Å². The van der Waals surface area contributed by atoms with E-state index < -0.39 is 0 Å². The van der Waals surface area contributed by atoms with E-state index in [4.69, 9.17) is 4.99 Å². The van der Waals surface area contributed by atoms with Crippen molar-refractivity contribution in [3.63, 3.8) is 0 Å². The Balaban J connectivity index is 1.98. The Labute approximate surface area is 141 Å². The predicted octanol–water partition coefficient (Wildman–Crippen LogP) is 2.96. The molecule has 0 bridgehead atoms. The van der Waals surface area contributed by atoms with Gasteiger partial charge in [-0.15, -0.1) is 0 Å². The lowest BCUT2D eigenvalue weighted by molar-refractivity contribution is 0.164. The topological polar surface area (TPSA) is 77.5 Å². The summed E-state index contributed by atoms with van der Waals surface area (Å²) in [6.07, 6.45) is 3.56. The van der Waals surface area contributed by atoms with Gasteiger partial charge in [-0.05, 0) is 46.6 Å². The van der Waals surface area contributed by atoms with Gasteiger partial charge in [0.2, 0.25) is 5.88 Å². The molecule has 1 saturated heterocycles. The predicted molar refractivity (Wildman–Crippen MR) is 98.1 cm³/mol. The van der Waals surface area contributed by atoms with Crippen molar-refractivity contribution in [1.29, 1.82) is 0 Å². The summed E-state index contributed by atoms with van der Waals surface area (Å²) in [7, 11) is 0. The van der Waals surface area contributed by atoms with Crippen LogP contribution >= 0.6 is 0 Å². The second-order valence-electron chi connectivity index (χ2n) is 7.99. The van der Waals surface area contributed by atoms with Crippen LogP contribution in [0.4, 0.5) is 0 Å². The number of aromatic nitrogens is 1. The normalized spacial score (nSPS) is 20.7. The lowest BCUT2D eigenvalue weighted by Gasteiger charge is -2.45. The van der Waals surface area contributed by atoms with Gasteiger partial charge in [0.15, 0.2) is 0 Å². The van der Waals surface area contributed by atoms with Crippen LogP contribution in [0.3, 0.4) is 0 Å². The number of H-pyrrole nitrogens is 1. The van der Waals surface area contributed by atoms with E-state index in [2.05, 4.69) is 38.0 Å². The fraction of sp³-hybridized carbons (Fsp3) is 0.474. The number of rotatable bonds is 2. The summed E-state index contributed by atoms with van der Waals surface area (Å²) >= 11 is 0. The van der Waals surface area contributed by atoms with Gasteiger partial charge in [0.05, 0.1) is 11.6 Å². The van der Waals surface area contributed by atoms with Crippen molar-refractivity contribution in [1.82, 2.24) is 10.3 Å². The van der Waals surface area contributed by atoms with E-state index in [9.17, 15) is 9.90 Å². The largest absolute Gasteiger partial charge is 0.494 e. The number of hydrogen-bond acceptors (Lipinski definition) is 4. The SMILES string of the molecule is CC1(C)CC(N=Cc2c(O)[nH]c(=O)c3ccccc23)CC(C)(C)N1. The van der Waals surface area contributed by atoms with Crippen molar-refractivity contribution in [2.45, 2.75) is 57.7 Å². The molecule has 0 unspecified atom stereocenters. The van der Waals surface area contributed by atoms with Crippen LogP contribution in [0.5, 0.6) is 5.88 Å². The van der Waals surface area contributed by atoms with Crippen LogP contribution in [0.15, 0.2) is 34.1 Å². The van der Waals surface area contributed by atoms with Gasteiger partial charge in [0.25, 0.3) is 5.56 Å². The molecule has 5 nitrogen and oxygen atoms in total. The molecule has 0 amide bonds. The Morgan fingerprint density at radius 3 is 2.33 bits per heavy atom. The number of nitrogens with one attached hydrogen (secondary N) is 2. The molecule has 128 valence electrons. The maximum atomic E-state index is 12.0. The van der Waals surface area contributed by atoms with Gasteiger partial charge in [-0.25, -0.2) is 0 Å². The molecule has 0 aliphatic carbocycles. The molecule has 1 aliphatic rings. The average Bonchev–Trinajstić information content (AvgIpc) is 2.43. The highest BCUT2D eigenvalue weighted by molar-refractivity contribution is 6.01. The fourth-order valence-corrected chi connectivity index (χ4v) is 3.97. The molecule has 0 saturated carbocycles. The third kappa shape index (κ3) is 3.36. The highest BCUT2D eigenvalue weighted by atomic mass is 16.3. The van der Waals surface area contributed by atoms with Gasteiger partial charge in [0, 0.05) is 28.1 Å². The van der Waals surface area contributed by atoms with Gasteiger partial charge < -0.3 is 10.4 Å². The Morgan fingerprint density at radius 1 is 1.12 bits per heavy atom. The zero-order chi connectivity index (χ0) is 17.5. The molecular formula is C19H25N3O2. The highest BCUT2D eigenvalue weighted by Gasteiger charge is 2.37. The second kappa shape index (κ2) is 5.74. The van der Waals surface area contributed by atoms with Crippen molar-refractivity contribution >= 4 is 17.0 Å². The molecule has 0 spiro atoms. The number of benzene rings is 1. The Morgan fingerprint density at radius 2 is 1.71 bits per heavy atom. The molecule has 5 heteroatoms. The van der Waals surface area contributed by atoms with E-state index in [1.807, 2.05) is 18.2 Å². The zero-order valence-corrected chi connectivity index (χ0v) is 14.7. The first-order chi connectivity index (χ1) is 11.2. The maximum Gasteiger partial charge on any atom is 0.258 e. The van der Waals surface area contributed by atoms with E-state index in [-0.39, 0.29) is 28.6 Å². The van der Waals surface area contributed by atoms with Crippen LogP contribution in [0.2, 0.25) is 0 Å². The molecule has 0 radical (unpaired) electrons. The summed E-state index contributed by atoms with van der Waals surface area (Å²) in [6.45, 7) is 8.74. The van der Waals surface area contributed by atoms with Crippen molar-refractivity contribution < 1.29 is 5.11 Å². The summed E-state index contributed by atoms with van der Waals surface area (Å²) in [4.78, 5) is 19.2. The minimum Gasteiger partial charge on any atom is -0.494 e. The summed E-state index contributed by atoms with van der Waals surface area (Å²) < 4.78 is 0. The molecule has 1 aliphatic heterocycles. The summed E-state index contributed by atoms with van der Waals surface area (Å²) in [5, 5.41) is 15.1. The molecule has 0 atom stereocenters. The minimum absolute atomic E-state index is 0.0128. The van der Waals surface area contributed by atoms with Crippen LogP contribution < -0.4 is 10.9 Å². The second-order valence-corrected chi connectivity index (χ2v) is 7.99. The molecule has 1 fully saturated rings. The smallest absolute Gasteiger partial charge is 0.258 e. The van der Waals surface area contributed by atoms with E-state index in [0.29, 0.717) is 10.9 Å². The van der Waals surface area contributed by atoms with Gasteiger partial charge in [-0.1, -0.05) is 18.2 Å². The molecule has 3 rings (SSSR count). The number of hydrogen-bond donors (Lipinski definition) is 3. The van der Waals surface area contributed by atoms with Crippen LogP contribution in [-0.2, 0) is 0 Å². The number of aromatic hydroxyl groups is 1. The third-order valence-corrected chi connectivity index (χ3v) is 4.53. The quantitative estimate of drug-likeness (QED) is 0.742. The summed E-state index contributed by atoms with van der Waals surface area (Å²) in [6, 6.07) is 7.42. The number of piperidine rings is 1. The van der Waals surface area contributed by atoms with Gasteiger partial charge in [-0.3, -0.25) is 14.8 Å². The average molecular weight is 327 g/mol. The van der Waals surface area contributed by atoms with Crippen molar-refractivity contribution in [2.24, 2.45) is 4.99 Å². The summed E-state index contributed by atoms with van der Waals surface area (Å²) in [5.41, 5.74) is 0.307. The first-order valence-corrected chi connectivity index (χ1v) is 8.33. The van der Waals surface area contributed by atoms with Crippen LogP contribution in [0, 0.1) is 0 Å². The van der Waals surface area contributed by atoms with Crippen LogP contribution in [-0.4, -0.2) is 33.4 Å². The summed E-state index contributed by atoms with van der Waals surface area (Å²) in [5.74, 6) is -0.130. The Hall–Kier alpha value is -2.14. The molecule has 2 aromatic rings. The molecular weight excluding hydrogens is 302 g/mol. The lowest BCUT2D eigenvalue weighted by Crippen LogP contribution is -2.58. The number of aromatic amines is 1. The first kappa shape index (κ1) is 16.7. The number of nitrogens with zero attached hydrogens (tertiary/aromatic N) is 1. The standard InChI is InChI=1S/C19H25N3O2/c1-18(2)9-12(10-19(3,4)22-18)20-11-15-13-7-5-6-8-14(13)16(23)21-17(15)24/h5-8,11-12,22H,9-10H2,1-4H3,(H2,21,23,24). The molecule has 24 heavy (non-hydrogen) atoms. The van der Waals surface area contributed by atoms with E-state index in [0.717, 1.165) is 18.2 Å². The highest BCUT2D eigenvalue weighted by Crippen LogP contribution is 2.30. The number of pyridine rings is 1. The molecule has 1 aromatic heterocycles. The minimum atomic E-state index is -0.288. The van der Waals surface area contributed by atoms with Gasteiger partial charge >= 0.3 is 0 Å². The molecule has 3 N–H and O–H groups in total. The molecule has 1 aromatic carbocycles. The van der Waals surface area contributed by atoms with Crippen LogP contribution in [0.1, 0.15) is 46.1 Å². The van der Waals surface area contributed by atoms with Gasteiger partial charge in [0.1, 0.15) is 0 Å². The monoisotopic (exact) mass is 327 g/mol. The third-order valence-electron chi connectivity index (χ3n) is 4.53. The van der Waals surface area contributed by atoms with Crippen LogP contribution in [0.25, 0.3) is 10.8 Å².